The number of ether oxygens (including phenoxy) is 4. The van der Waals surface area contributed by atoms with Gasteiger partial charge < -0.3 is 64.4 Å². The van der Waals surface area contributed by atoms with Crippen molar-refractivity contribution in [1.29, 1.82) is 0 Å². The molecule has 10 rings (SSSR count). The summed E-state index contributed by atoms with van der Waals surface area (Å²) < 4.78 is 32.2. The normalized spacial score (nSPS) is 45.5. The van der Waals surface area contributed by atoms with Crippen molar-refractivity contribution in [2.24, 2.45) is 40.9 Å². The zero-order valence-electron chi connectivity index (χ0n) is 38.5. The molecule has 14 nitrogen and oxygen atoms in total. The van der Waals surface area contributed by atoms with Crippen LogP contribution in [0.25, 0.3) is 11.0 Å². The minimum Gasteiger partial charge on any atom is -0.485 e. The van der Waals surface area contributed by atoms with E-state index < -0.39 is 82.6 Å². The highest BCUT2D eigenvalue weighted by Gasteiger charge is 2.78. The summed E-state index contributed by atoms with van der Waals surface area (Å²) in [5, 5.41) is 92.3. The molecule has 3 spiro atoms. The van der Waals surface area contributed by atoms with Gasteiger partial charge in [-0.25, -0.2) is 0 Å². The van der Waals surface area contributed by atoms with Crippen LogP contribution in [-0.4, -0.2) is 144 Å². The summed E-state index contributed by atoms with van der Waals surface area (Å²) in [6.45, 7) is 4.33. The first kappa shape index (κ1) is 49.2. The molecule has 4 aliphatic carbocycles. The third kappa shape index (κ3) is 8.12. The fourth-order valence-corrected chi connectivity index (χ4v) is 21.3. The van der Waals surface area contributed by atoms with Crippen molar-refractivity contribution in [3.8, 4) is 11.5 Å². The fourth-order valence-electron chi connectivity index (χ4n) is 14.2. The molecule has 4 aliphatic heterocycles. The number of fused-ring (bicyclic) bond motifs is 16. The van der Waals surface area contributed by atoms with E-state index in [0.717, 1.165) is 56.5 Å². The SMILES string of the molecule is CCOC(=O)CCc1cc2ccoc2c2c1OC1OC3(CSSC45CC(CSSCC(CCC3O)C(C)CCC4NCCO2)C2(CCCC2O)C5)C2(O)CC3C=CC(O)C(CO)C3C1(O)C2O. The van der Waals surface area contributed by atoms with Crippen LogP contribution in [-0.2, 0) is 20.7 Å². The Labute approximate surface area is 408 Å². The van der Waals surface area contributed by atoms with Gasteiger partial charge in [0.15, 0.2) is 16.9 Å². The number of allylic oxidation sites excluding steroid dienone is 1. The molecule has 8 N–H and O–H groups in total. The number of carbonyl (C=O) groups is 1. The zero-order chi connectivity index (χ0) is 46.9. The van der Waals surface area contributed by atoms with E-state index in [9.17, 15) is 40.5 Å². The number of nitrogens with one attached hydrogen (secondary N) is 1. The summed E-state index contributed by atoms with van der Waals surface area (Å²) in [4.78, 5) is 12.9. The number of hydrogen-bond acceptors (Lipinski definition) is 18. The number of carbonyl (C=O) groups excluding carboxylic acids is 1. The largest absolute Gasteiger partial charge is 0.485 e. The second-order valence-corrected chi connectivity index (χ2v) is 26.3. The van der Waals surface area contributed by atoms with Crippen LogP contribution in [0.3, 0.4) is 0 Å². The van der Waals surface area contributed by atoms with Crippen LogP contribution >= 0.6 is 43.2 Å². The van der Waals surface area contributed by atoms with Gasteiger partial charge in [0.1, 0.15) is 23.9 Å². The number of esters is 1. The van der Waals surface area contributed by atoms with E-state index in [1.165, 1.54) is 17.1 Å². The number of furan rings is 1. The van der Waals surface area contributed by atoms with E-state index in [4.69, 9.17) is 23.4 Å². The average Bonchev–Trinajstić information content (AvgIpc) is 4.02. The lowest BCUT2D eigenvalue weighted by molar-refractivity contribution is -0.424. The Balaban J connectivity index is 1.19. The molecule has 3 saturated carbocycles. The molecule has 5 heterocycles. The topological polar surface area (TPSA) is 221 Å². The predicted octanol–water partition coefficient (Wildman–Crippen LogP) is 5.40. The molecule has 2 aromatic rings. The van der Waals surface area contributed by atoms with Gasteiger partial charge in [0, 0.05) is 70.3 Å². The molecule has 3 saturated heterocycles. The van der Waals surface area contributed by atoms with Gasteiger partial charge in [-0.3, -0.25) is 4.79 Å². The molecule has 1 aromatic carbocycles. The van der Waals surface area contributed by atoms with Crippen LogP contribution in [0, 0.1) is 40.9 Å². The molecular weight excluding hydrogens is 939 g/mol. The lowest BCUT2D eigenvalue weighted by Gasteiger charge is -2.67. The number of benzene rings is 1. The van der Waals surface area contributed by atoms with E-state index in [1.807, 2.05) is 27.7 Å². The van der Waals surface area contributed by atoms with Gasteiger partial charge in [-0.2, -0.15) is 0 Å². The molecule has 372 valence electrons. The summed E-state index contributed by atoms with van der Waals surface area (Å²) in [6.07, 6.45) is 5.06. The standard InChI is InChI=1S/C49H69NO13S4/c1-3-59-38(55)13-9-28-19-29-14-17-60-40(29)42-41(28)62-44-49(58)39-30(7-10-34(52)33(39)22-51)20-47(57,43(49)56)48(63-44)26-66-67-46-21-32(45(25-46)15-4-5-36(45)53)24-65-64-23-31(8-12-37(48)54)27(2)6-11-35(46)50-16-18-61-42/h7,10,14,17,19,27,30-37,39,43-44,50-54,56-58H,3-6,8-9,11-13,15-16,18,20-26H2,1-2H3. The molecule has 17 unspecified atom stereocenters. The van der Waals surface area contributed by atoms with Crippen LogP contribution < -0.4 is 14.8 Å². The quantitative estimate of drug-likeness (QED) is 0.107. The van der Waals surface area contributed by atoms with Crippen molar-refractivity contribution in [2.75, 3.05) is 43.6 Å². The molecule has 0 radical (unpaired) electrons. The molecular formula is C49H69NO13S4. The van der Waals surface area contributed by atoms with Crippen molar-refractivity contribution in [3.05, 3.63) is 36.1 Å². The highest BCUT2D eigenvalue weighted by molar-refractivity contribution is 8.77. The monoisotopic (exact) mass is 1010 g/mol. The van der Waals surface area contributed by atoms with Gasteiger partial charge in [-0.05, 0) is 112 Å². The molecule has 0 amide bonds. The van der Waals surface area contributed by atoms with Crippen molar-refractivity contribution in [3.63, 3.8) is 0 Å². The van der Waals surface area contributed by atoms with Gasteiger partial charge in [0.2, 0.25) is 12.0 Å². The van der Waals surface area contributed by atoms with E-state index in [2.05, 4.69) is 12.2 Å². The fraction of sp³-hybridized carbons (Fsp3) is 0.776. The van der Waals surface area contributed by atoms with E-state index >= 15 is 0 Å². The van der Waals surface area contributed by atoms with Gasteiger partial charge in [-0.1, -0.05) is 68.7 Å². The summed E-state index contributed by atoms with van der Waals surface area (Å²) in [5.41, 5.74) is -6.09. The minimum atomic E-state index is -2.48. The first-order chi connectivity index (χ1) is 32.2. The lowest BCUT2D eigenvalue weighted by Crippen LogP contribution is -2.86. The van der Waals surface area contributed by atoms with Gasteiger partial charge in [0.25, 0.3) is 0 Å². The number of rotatable bonds is 5. The minimum absolute atomic E-state index is 0.00416. The highest BCUT2D eigenvalue weighted by Crippen LogP contribution is 2.67. The van der Waals surface area contributed by atoms with Gasteiger partial charge >= 0.3 is 5.97 Å². The number of aliphatic hydroxyl groups is 7. The third-order valence-electron chi connectivity index (χ3n) is 17.8. The average molecular weight is 1010 g/mol. The van der Waals surface area contributed by atoms with Crippen molar-refractivity contribution < 1.29 is 63.9 Å². The van der Waals surface area contributed by atoms with Crippen LogP contribution in [0.15, 0.2) is 35.0 Å². The summed E-state index contributed by atoms with van der Waals surface area (Å²) in [5.74, 6) is -0.351. The van der Waals surface area contributed by atoms with Gasteiger partial charge in [0.05, 0.1) is 31.2 Å². The Morgan fingerprint density at radius 1 is 0.985 bits per heavy atom. The summed E-state index contributed by atoms with van der Waals surface area (Å²) >= 11 is 0. The van der Waals surface area contributed by atoms with Crippen molar-refractivity contribution in [2.45, 2.75) is 149 Å². The number of aryl methyl sites for hydroxylation is 1. The molecule has 6 fully saturated rings. The maximum absolute atomic E-state index is 13.6. The van der Waals surface area contributed by atoms with E-state index in [-0.39, 0.29) is 85.4 Å². The molecule has 1 aromatic heterocycles. The van der Waals surface area contributed by atoms with Crippen LogP contribution in [0.1, 0.15) is 90.0 Å². The van der Waals surface area contributed by atoms with Crippen molar-refractivity contribution >= 4 is 60.1 Å². The Hall–Kier alpha value is -1.39. The van der Waals surface area contributed by atoms with Crippen molar-refractivity contribution in [1.82, 2.24) is 5.32 Å². The number of aliphatic hydroxyl groups excluding tert-OH is 5. The highest BCUT2D eigenvalue weighted by atomic mass is 33.1. The number of hydrogen-bond donors (Lipinski definition) is 8. The smallest absolute Gasteiger partial charge is 0.306 e. The second-order valence-electron chi connectivity index (χ2n) is 21.1. The van der Waals surface area contributed by atoms with Gasteiger partial charge in [-0.15, -0.1) is 0 Å². The first-order valence-electron chi connectivity index (χ1n) is 24.6. The third-order valence-corrected chi connectivity index (χ3v) is 23.7. The Morgan fingerprint density at radius 2 is 1.82 bits per heavy atom. The van der Waals surface area contributed by atoms with Crippen LogP contribution in [0.5, 0.6) is 11.5 Å². The molecule has 17 atom stereocenters. The molecule has 67 heavy (non-hydrogen) atoms. The zero-order valence-corrected chi connectivity index (χ0v) is 41.7. The first-order valence-corrected chi connectivity index (χ1v) is 29.4. The predicted molar refractivity (Wildman–Crippen MR) is 260 cm³/mol. The molecule has 8 bridgehead atoms. The lowest BCUT2D eigenvalue weighted by atomic mass is 9.50. The Bertz CT molecular complexity index is 2150. The second kappa shape index (κ2) is 19.2. The maximum atomic E-state index is 13.6. The molecule has 18 heteroatoms. The van der Waals surface area contributed by atoms with Crippen LogP contribution in [0.4, 0.5) is 0 Å². The molecule has 8 aliphatic rings. The summed E-state index contributed by atoms with van der Waals surface area (Å²) in [7, 11) is 7.06. The Morgan fingerprint density at radius 3 is 2.61 bits per heavy atom. The van der Waals surface area contributed by atoms with Crippen LogP contribution in [0.2, 0.25) is 0 Å². The summed E-state index contributed by atoms with van der Waals surface area (Å²) in [6, 6.07) is 3.61. The maximum Gasteiger partial charge on any atom is 0.306 e. The van der Waals surface area contributed by atoms with E-state index in [0.29, 0.717) is 29.5 Å². The Kier molecular flexibility index (Phi) is 14.1. The van der Waals surface area contributed by atoms with E-state index in [1.54, 1.807) is 35.9 Å².